The molecule has 76 heavy (non-hydrogen) atoms. The summed E-state index contributed by atoms with van der Waals surface area (Å²) in [5, 5.41) is 4.79. The van der Waals surface area contributed by atoms with Crippen molar-refractivity contribution in [2.24, 2.45) is 0 Å². The highest BCUT2D eigenvalue weighted by atomic mass is 15.1. The third-order valence-electron chi connectivity index (χ3n) is 15.7. The van der Waals surface area contributed by atoms with E-state index in [1.807, 2.05) is 0 Å². The van der Waals surface area contributed by atoms with Crippen molar-refractivity contribution in [3.8, 4) is 66.8 Å². The molecule has 0 saturated heterocycles. The lowest BCUT2D eigenvalue weighted by molar-refractivity contribution is 0.768. The molecule has 0 atom stereocenters. The zero-order valence-electron chi connectivity index (χ0n) is 41.9. The van der Waals surface area contributed by atoms with E-state index in [4.69, 9.17) is 0 Å². The zero-order valence-corrected chi connectivity index (χ0v) is 41.9. The second kappa shape index (κ2) is 18.9. The first-order valence-electron chi connectivity index (χ1n) is 26.3. The van der Waals surface area contributed by atoms with Crippen LogP contribution in [-0.4, -0.2) is 0 Å². The number of nitrogens with zero attached hydrogens (tertiary/aromatic N) is 1. The van der Waals surface area contributed by atoms with E-state index in [2.05, 4.69) is 314 Å². The number of anilines is 3. The molecule has 0 radical (unpaired) electrons. The lowest BCUT2D eigenvalue weighted by Crippen LogP contribution is -2.28. The van der Waals surface area contributed by atoms with Crippen molar-refractivity contribution in [3.05, 3.63) is 332 Å². The first-order valence-corrected chi connectivity index (χ1v) is 26.3. The molecule has 13 aromatic rings. The van der Waals surface area contributed by atoms with Crippen molar-refractivity contribution in [1.82, 2.24) is 0 Å². The summed E-state index contributed by atoms with van der Waals surface area (Å²) in [4.78, 5) is 2.57. The van der Waals surface area contributed by atoms with Gasteiger partial charge in [-0.2, -0.15) is 0 Å². The second-order valence-electron chi connectivity index (χ2n) is 19.9. The quantitative estimate of drug-likeness (QED) is 0.123. The minimum absolute atomic E-state index is 0.533. The van der Waals surface area contributed by atoms with Gasteiger partial charge in [-0.1, -0.05) is 273 Å². The average molecular weight is 966 g/mol. The molecule has 0 fully saturated rings. The Morgan fingerprint density at radius 2 is 0.632 bits per heavy atom. The molecule has 356 valence electrons. The van der Waals surface area contributed by atoms with E-state index >= 15 is 0 Å². The predicted molar refractivity (Wildman–Crippen MR) is 321 cm³/mol. The van der Waals surface area contributed by atoms with Crippen LogP contribution in [0.15, 0.2) is 309 Å². The number of hydrogen-bond donors (Lipinski definition) is 0. The van der Waals surface area contributed by atoms with Gasteiger partial charge in [0.1, 0.15) is 0 Å². The maximum atomic E-state index is 2.57. The summed E-state index contributed by atoms with van der Waals surface area (Å²) in [7, 11) is 0. The van der Waals surface area contributed by atoms with Gasteiger partial charge in [-0.3, -0.25) is 0 Å². The zero-order chi connectivity index (χ0) is 50.4. The van der Waals surface area contributed by atoms with E-state index in [0.29, 0.717) is 0 Å². The monoisotopic (exact) mass is 965 g/mol. The summed E-state index contributed by atoms with van der Waals surface area (Å²) in [6.45, 7) is 0. The van der Waals surface area contributed by atoms with Crippen LogP contribution in [0.5, 0.6) is 0 Å². The predicted octanol–water partition coefficient (Wildman–Crippen LogP) is 20.2. The molecule has 13 aromatic carbocycles. The Morgan fingerprint density at radius 1 is 0.224 bits per heavy atom. The van der Waals surface area contributed by atoms with E-state index in [1.165, 1.54) is 93.9 Å². The number of hydrogen-bond acceptors (Lipinski definition) is 1. The Labute approximate surface area is 444 Å². The van der Waals surface area contributed by atoms with E-state index in [-0.39, 0.29) is 0 Å². The Hall–Kier alpha value is -9.82. The molecule has 0 aromatic heterocycles. The molecular formula is C75H51N. The average Bonchev–Trinajstić information content (AvgIpc) is 4.01. The molecular weight excluding hydrogens is 915 g/mol. The van der Waals surface area contributed by atoms with E-state index in [1.54, 1.807) is 0 Å². The van der Waals surface area contributed by atoms with Gasteiger partial charge in [0, 0.05) is 22.3 Å². The van der Waals surface area contributed by atoms with Crippen molar-refractivity contribution < 1.29 is 0 Å². The third-order valence-corrected chi connectivity index (χ3v) is 15.7. The Kier molecular flexibility index (Phi) is 11.2. The fourth-order valence-corrected chi connectivity index (χ4v) is 12.4. The molecule has 1 aliphatic rings. The standard InChI is InChI=1S/C75H51N/c1-6-24-52(25-7-1)55-30-22-31-56(48-55)57-32-23-33-58(49-57)73-67-41-18-16-38-64(67)65-39-17-19-42-68(65)74(73)76(61-44-46-63(53-26-8-2-9-27-53)69(50-61)54-28-10-3-11-29-54)62-45-47-72-70(51-62)66-40-20-21-43-71(66)75(72,59-34-12-4-13-35-59)60-36-14-5-15-37-60/h1-51H. The van der Waals surface area contributed by atoms with Gasteiger partial charge in [0.15, 0.2) is 0 Å². The van der Waals surface area contributed by atoms with Crippen molar-refractivity contribution in [2.75, 3.05) is 4.90 Å². The molecule has 1 heteroatoms. The lowest BCUT2D eigenvalue weighted by Gasteiger charge is -2.34. The van der Waals surface area contributed by atoms with Gasteiger partial charge in [-0.05, 0) is 136 Å². The smallest absolute Gasteiger partial charge is 0.0713 e. The van der Waals surface area contributed by atoms with Gasteiger partial charge in [-0.15, -0.1) is 0 Å². The summed E-state index contributed by atoms with van der Waals surface area (Å²) in [5.41, 5.74) is 22.0. The van der Waals surface area contributed by atoms with Crippen molar-refractivity contribution in [1.29, 1.82) is 0 Å². The number of fused-ring (bicyclic) bond motifs is 6. The molecule has 1 nitrogen and oxygen atoms in total. The molecule has 0 amide bonds. The Balaban J connectivity index is 1.08. The summed E-state index contributed by atoms with van der Waals surface area (Å²) in [6, 6.07) is 114. The van der Waals surface area contributed by atoms with Gasteiger partial charge < -0.3 is 4.90 Å². The first kappa shape index (κ1) is 44.8. The van der Waals surface area contributed by atoms with Crippen LogP contribution in [0.25, 0.3) is 88.3 Å². The van der Waals surface area contributed by atoms with Crippen LogP contribution in [0.4, 0.5) is 17.1 Å². The largest absolute Gasteiger partial charge is 0.309 e. The molecule has 0 bridgehead atoms. The van der Waals surface area contributed by atoms with Crippen LogP contribution in [0, 0.1) is 0 Å². The third kappa shape index (κ3) is 7.47. The SMILES string of the molecule is c1ccc(-c2cccc(-c3cccc(-c4c(N(c5ccc(-c6ccccc6)c(-c6ccccc6)c5)c5ccc6c(c5)-c5ccccc5C6(c5ccccc5)c5ccccc5)c5ccccc5c5ccccc45)c3)c2)cc1. The van der Waals surface area contributed by atoms with Gasteiger partial charge in [0.05, 0.1) is 11.1 Å². The molecule has 1 aliphatic carbocycles. The second-order valence-corrected chi connectivity index (χ2v) is 19.9. The Morgan fingerprint density at radius 3 is 1.25 bits per heavy atom. The van der Waals surface area contributed by atoms with E-state index in [0.717, 1.165) is 33.8 Å². The highest BCUT2D eigenvalue weighted by molar-refractivity contribution is 6.22. The van der Waals surface area contributed by atoms with Crippen LogP contribution in [0.2, 0.25) is 0 Å². The molecule has 0 heterocycles. The highest BCUT2D eigenvalue weighted by Gasteiger charge is 2.46. The van der Waals surface area contributed by atoms with Crippen LogP contribution < -0.4 is 4.90 Å². The summed E-state index contributed by atoms with van der Waals surface area (Å²) in [6.07, 6.45) is 0. The summed E-state index contributed by atoms with van der Waals surface area (Å²) >= 11 is 0. The number of benzene rings is 13. The lowest BCUT2D eigenvalue weighted by atomic mass is 9.68. The van der Waals surface area contributed by atoms with Crippen LogP contribution in [0.1, 0.15) is 22.3 Å². The summed E-state index contributed by atoms with van der Waals surface area (Å²) < 4.78 is 0. The first-order chi connectivity index (χ1) is 37.7. The van der Waals surface area contributed by atoms with Crippen LogP contribution in [-0.2, 0) is 5.41 Å². The van der Waals surface area contributed by atoms with Gasteiger partial charge in [-0.25, -0.2) is 0 Å². The highest BCUT2D eigenvalue weighted by Crippen LogP contribution is 2.58. The van der Waals surface area contributed by atoms with Crippen LogP contribution >= 0.6 is 0 Å². The molecule has 14 rings (SSSR count). The van der Waals surface area contributed by atoms with Crippen molar-refractivity contribution in [3.63, 3.8) is 0 Å². The van der Waals surface area contributed by atoms with Crippen LogP contribution in [0.3, 0.4) is 0 Å². The van der Waals surface area contributed by atoms with Gasteiger partial charge in [0.2, 0.25) is 0 Å². The van der Waals surface area contributed by atoms with Crippen molar-refractivity contribution in [2.45, 2.75) is 5.41 Å². The molecule has 0 N–H and O–H groups in total. The Bertz CT molecular complexity index is 4220. The molecule has 0 unspecified atom stereocenters. The minimum atomic E-state index is -0.533. The minimum Gasteiger partial charge on any atom is -0.309 e. The maximum absolute atomic E-state index is 2.57. The summed E-state index contributed by atoms with van der Waals surface area (Å²) in [5.74, 6) is 0. The maximum Gasteiger partial charge on any atom is 0.0713 e. The normalized spacial score (nSPS) is 12.3. The van der Waals surface area contributed by atoms with Crippen molar-refractivity contribution >= 4 is 38.6 Å². The molecule has 0 spiro atoms. The van der Waals surface area contributed by atoms with Gasteiger partial charge in [0.25, 0.3) is 0 Å². The molecule has 0 aliphatic heterocycles. The molecule has 0 saturated carbocycles. The van der Waals surface area contributed by atoms with Gasteiger partial charge >= 0.3 is 0 Å². The van der Waals surface area contributed by atoms with E-state index < -0.39 is 5.41 Å². The number of rotatable bonds is 10. The topological polar surface area (TPSA) is 3.24 Å². The fraction of sp³-hybridized carbons (Fsp3) is 0.0133. The van der Waals surface area contributed by atoms with E-state index in [9.17, 15) is 0 Å². The fourth-order valence-electron chi connectivity index (χ4n) is 12.4.